The van der Waals surface area contributed by atoms with Crippen molar-refractivity contribution in [1.29, 1.82) is 0 Å². The molecule has 0 atom stereocenters. The lowest BCUT2D eigenvalue weighted by Gasteiger charge is -2.07. The van der Waals surface area contributed by atoms with Gasteiger partial charge in [0, 0.05) is 12.7 Å². The molecule has 23 heavy (non-hydrogen) atoms. The van der Waals surface area contributed by atoms with E-state index in [-0.39, 0.29) is 5.91 Å². The molecule has 0 radical (unpaired) electrons. The van der Waals surface area contributed by atoms with E-state index < -0.39 is 0 Å². The highest BCUT2D eigenvalue weighted by atomic mass is 16.5. The van der Waals surface area contributed by atoms with E-state index >= 15 is 0 Å². The number of pyridine rings is 1. The molecule has 0 unspecified atom stereocenters. The Hall–Kier alpha value is -2.82. The van der Waals surface area contributed by atoms with Gasteiger partial charge in [0.1, 0.15) is 5.69 Å². The zero-order chi connectivity index (χ0) is 16.2. The molecule has 0 spiro atoms. The van der Waals surface area contributed by atoms with Crippen molar-refractivity contribution >= 4 is 11.6 Å². The maximum atomic E-state index is 12.7. The minimum Gasteiger partial charge on any atom is -0.493 e. The summed E-state index contributed by atoms with van der Waals surface area (Å²) in [6.07, 6.45) is 2.51. The van der Waals surface area contributed by atoms with E-state index in [2.05, 4.69) is 10.3 Å². The number of aryl methyl sites for hydroxylation is 1. The Bertz CT molecular complexity index is 825. The second-order valence-corrected chi connectivity index (χ2v) is 5.20. The van der Waals surface area contributed by atoms with Crippen LogP contribution in [0, 0.1) is 0 Å². The van der Waals surface area contributed by atoms with E-state index in [1.165, 1.54) is 0 Å². The summed E-state index contributed by atoms with van der Waals surface area (Å²) < 4.78 is 7.12. The Morgan fingerprint density at radius 1 is 1.22 bits per heavy atom. The Labute approximate surface area is 134 Å². The van der Waals surface area contributed by atoms with Crippen molar-refractivity contribution in [2.45, 2.75) is 19.9 Å². The first-order valence-electron chi connectivity index (χ1n) is 7.60. The van der Waals surface area contributed by atoms with Crippen molar-refractivity contribution in [1.82, 2.24) is 14.7 Å². The summed E-state index contributed by atoms with van der Waals surface area (Å²) >= 11 is 0. The Kier molecular flexibility index (Phi) is 4.28. The summed E-state index contributed by atoms with van der Waals surface area (Å²) in [6.45, 7) is 2.47. The normalized spacial score (nSPS) is 10.7. The number of nitrogens with zero attached hydrogens (tertiary/aromatic N) is 2. The predicted octanol–water partition coefficient (Wildman–Crippen LogP) is 2.84. The van der Waals surface area contributed by atoms with Gasteiger partial charge in [0.25, 0.3) is 5.91 Å². The Morgan fingerprint density at radius 3 is 2.70 bits per heavy atom. The number of benzene rings is 1. The summed E-state index contributed by atoms with van der Waals surface area (Å²) in [5.74, 6) is 0.524. The maximum absolute atomic E-state index is 12.7. The monoisotopic (exact) mass is 309 g/mol. The van der Waals surface area contributed by atoms with Crippen LogP contribution in [0.25, 0.3) is 5.65 Å². The molecule has 1 N–H and O–H groups in total. The lowest BCUT2D eigenvalue weighted by Crippen LogP contribution is -2.25. The minimum absolute atomic E-state index is 0.133. The van der Waals surface area contributed by atoms with Gasteiger partial charge in [0.15, 0.2) is 11.4 Å². The van der Waals surface area contributed by atoms with E-state index in [1.54, 1.807) is 11.5 Å². The molecule has 1 aromatic carbocycles. The summed E-state index contributed by atoms with van der Waals surface area (Å²) in [6, 6.07) is 13.5. The molecule has 0 bridgehead atoms. The van der Waals surface area contributed by atoms with Crippen LogP contribution in [-0.4, -0.2) is 22.4 Å². The van der Waals surface area contributed by atoms with Crippen LogP contribution in [0.1, 0.15) is 28.7 Å². The van der Waals surface area contributed by atoms with Crippen LogP contribution in [0.4, 0.5) is 0 Å². The number of hydrogen-bond donors (Lipinski definition) is 1. The van der Waals surface area contributed by atoms with Gasteiger partial charge in [0.05, 0.1) is 12.8 Å². The smallest absolute Gasteiger partial charge is 0.270 e. The van der Waals surface area contributed by atoms with E-state index in [1.807, 2.05) is 55.6 Å². The van der Waals surface area contributed by atoms with Gasteiger partial charge in [-0.15, -0.1) is 0 Å². The standard InChI is InChI=1S/C18H19N3O2/c1-3-14-16(18(22)19-12-13-8-5-4-6-9-13)21-11-7-10-15(23-2)17(21)20-14/h4-11H,3,12H2,1-2H3,(H,19,22). The minimum atomic E-state index is -0.133. The highest BCUT2D eigenvalue weighted by molar-refractivity contribution is 5.95. The molecule has 1 amide bonds. The van der Waals surface area contributed by atoms with Crippen molar-refractivity contribution in [3.8, 4) is 5.75 Å². The number of fused-ring (bicyclic) bond motifs is 1. The summed E-state index contributed by atoms with van der Waals surface area (Å²) in [5, 5.41) is 2.97. The van der Waals surface area contributed by atoms with E-state index in [9.17, 15) is 4.79 Å². The third-order valence-corrected chi connectivity index (χ3v) is 3.75. The fraction of sp³-hybridized carbons (Fsp3) is 0.222. The van der Waals surface area contributed by atoms with Crippen LogP contribution in [0.15, 0.2) is 48.7 Å². The fourth-order valence-electron chi connectivity index (χ4n) is 2.60. The average molecular weight is 309 g/mol. The molecule has 0 saturated carbocycles. The molecule has 2 aromatic heterocycles. The average Bonchev–Trinajstić information content (AvgIpc) is 2.99. The molecule has 3 rings (SSSR count). The summed E-state index contributed by atoms with van der Waals surface area (Å²) in [4.78, 5) is 17.2. The number of carbonyl (C=O) groups is 1. The number of imidazole rings is 1. The van der Waals surface area contributed by atoms with Crippen LogP contribution < -0.4 is 10.1 Å². The van der Waals surface area contributed by atoms with Gasteiger partial charge in [-0.05, 0) is 24.1 Å². The maximum Gasteiger partial charge on any atom is 0.270 e. The highest BCUT2D eigenvalue weighted by Crippen LogP contribution is 2.22. The third kappa shape index (κ3) is 2.90. The first kappa shape index (κ1) is 15.1. The Morgan fingerprint density at radius 2 is 2.00 bits per heavy atom. The first-order chi connectivity index (χ1) is 11.2. The largest absolute Gasteiger partial charge is 0.493 e. The van der Waals surface area contributed by atoms with Crippen LogP contribution in [0.2, 0.25) is 0 Å². The fourth-order valence-corrected chi connectivity index (χ4v) is 2.60. The molecule has 2 heterocycles. The molecular weight excluding hydrogens is 290 g/mol. The molecule has 3 aromatic rings. The first-order valence-corrected chi connectivity index (χ1v) is 7.60. The van der Waals surface area contributed by atoms with E-state index in [4.69, 9.17) is 4.74 Å². The number of carbonyl (C=O) groups excluding carboxylic acids is 1. The molecular formula is C18H19N3O2. The van der Waals surface area contributed by atoms with Gasteiger partial charge in [0.2, 0.25) is 0 Å². The second-order valence-electron chi connectivity index (χ2n) is 5.20. The van der Waals surface area contributed by atoms with Gasteiger partial charge in [-0.3, -0.25) is 9.20 Å². The Balaban J connectivity index is 1.93. The van der Waals surface area contributed by atoms with Crippen molar-refractivity contribution in [2.75, 3.05) is 7.11 Å². The summed E-state index contributed by atoms with van der Waals surface area (Å²) in [7, 11) is 1.60. The lowest BCUT2D eigenvalue weighted by atomic mass is 10.2. The van der Waals surface area contributed by atoms with Crippen LogP contribution in [0.5, 0.6) is 5.75 Å². The van der Waals surface area contributed by atoms with Gasteiger partial charge in [-0.1, -0.05) is 37.3 Å². The quantitative estimate of drug-likeness (QED) is 0.788. The second kappa shape index (κ2) is 6.52. The molecule has 5 heteroatoms. The van der Waals surface area contributed by atoms with Crippen LogP contribution >= 0.6 is 0 Å². The van der Waals surface area contributed by atoms with Gasteiger partial charge in [-0.25, -0.2) is 4.98 Å². The van der Waals surface area contributed by atoms with Crippen molar-refractivity contribution in [3.63, 3.8) is 0 Å². The number of methoxy groups -OCH3 is 1. The van der Waals surface area contributed by atoms with E-state index in [0.717, 1.165) is 11.3 Å². The molecule has 5 nitrogen and oxygen atoms in total. The molecule has 0 saturated heterocycles. The van der Waals surface area contributed by atoms with Gasteiger partial charge in [-0.2, -0.15) is 0 Å². The van der Waals surface area contributed by atoms with Crippen LogP contribution in [0.3, 0.4) is 0 Å². The number of hydrogen-bond acceptors (Lipinski definition) is 3. The summed E-state index contributed by atoms with van der Waals surface area (Å²) in [5.41, 5.74) is 3.06. The van der Waals surface area contributed by atoms with Crippen molar-refractivity contribution < 1.29 is 9.53 Å². The SMILES string of the molecule is CCc1nc2c(OC)cccn2c1C(=O)NCc1ccccc1. The topological polar surface area (TPSA) is 55.6 Å². The number of rotatable bonds is 5. The predicted molar refractivity (Wildman–Crippen MR) is 88.7 cm³/mol. The lowest BCUT2D eigenvalue weighted by molar-refractivity contribution is 0.0944. The zero-order valence-electron chi connectivity index (χ0n) is 13.2. The van der Waals surface area contributed by atoms with Gasteiger partial charge >= 0.3 is 0 Å². The molecule has 118 valence electrons. The molecule has 0 aliphatic heterocycles. The van der Waals surface area contributed by atoms with Crippen molar-refractivity contribution in [3.05, 3.63) is 65.6 Å². The zero-order valence-corrected chi connectivity index (χ0v) is 13.2. The molecule has 0 fully saturated rings. The number of amides is 1. The van der Waals surface area contributed by atoms with Crippen molar-refractivity contribution in [2.24, 2.45) is 0 Å². The van der Waals surface area contributed by atoms with Crippen LogP contribution in [-0.2, 0) is 13.0 Å². The number of aromatic nitrogens is 2. The molecule has 0 aliphatic carbocycles. The van der Waals surface area contributed by atoms with E-state index in [0.29, 0.717) is 30.1 Å². The van der Waals surface area contributed by atoms with Gasteiger partial charge < -0.3 is 10.1 Å². The highest BCUT2D eigenvalue weighted by Gasteiger charge is 2.19. The molecule has 0 aliphatic rings. The number of ether oxygens (including phenoxy) is 1. The third-order valence-electron chi connectivity index (χ3n) is 3.75. The number of nitrogens with one attached hydrogen (secondary N) is 1.